The molecule has 38 heavy (non-hydrogen) atoms. The van der Waals surface area contributed by atoms with Gasteiger partial charge in [-0.3, -0.25) is 14.5 Å². The van der Waals surface area contributed by atoms with Gasteiger partial charge in [0.05, 0.1) is 12.2 Å². The quantitative estimate of drug-likeness (QED) is 0.321. The normalized spacial score (nSPS) is 15.6. The van der Waals surface area contributed by atoms with Crippen molar-refractivity contribution in [3.05, 3.63) is 136 Å². The Morgan fingerprint density at radius 2 is 1.58 bits per heavy atom. The van der Waals surface area contributed by atoms with Crippen LogP contribution >= 0.6 is 0 Å². The summed E-state index contributed by atoms with van der Waals surface area (Å²) in [6.07, 6.45) is 2.49. The van der Waals surface area contributed by atoms with E-state index >= 15 is 0 Å². The van der Waals surface area contributed by atoms with E-state index in [4.69, 9.17) is 4.74 Å². The summed E-state index contributed by atoms with van der Waals surface area (Å²) in [5.41, 5.74) is 4.79. The molecule has 5 nitrogen and oxygen atoms in total. The molecule has 4 aromatic rings. The molecule has 2 heterocycles. The Morgan fingerprint density at radius 1 is 0.868 bits per heavy atom. The Kier molecular flexibility index (Phi) is 6.22. The Bertz CT molecular complexity index is 1560. The fourth-order valence-corrected chi connectivity index (χ4v) is 4.94. The van der Waals surface area contributed by atoms with E-state index < -0.39 is 0 Å². The standard InChI is InChI=1S/C32H25FN2O3/c33-27-10-4-3-9-26(27)21-35-28-11-5-6-12-29(28)38-30(32(35)37)19-22-13-15-24(16-14-22)31(36)34-18-17-23-7-1-2-8-25(23)20-34/h1-16,19H,17-18,20-21H2/b30-19-. The second-order valence-corrected chi connectivity index (χ2v) is 9.43. The molecule has 0 aromatic heterocycles. The highest BCUT2D eigenvalue weighted by Crippen LogP contribution is 2.36. The van der Waals surface area contributed by atoms with E-state index in [1.54, 1.807) is 60.7 Å². The number of fused-ring (bicyclic) bond motifs is 2. The lowest BCUT2D eigenvalue weighted by molar-refractivity contribution is -0.117. The third kappa shape index (κ3) is 4.57. The molecule has 0 N–H and O–H groups in total. The van der Waals surface area contributed by atoms with Crippen molar-refractivity contribution in [2.75, 3.05) is 11.4 Å². The molecule has 0 saturated carbocycles. The van der Waals surface area contributed by atoms with Gasteiger partial charge in [-0.15, -0.1) is 0 Å². The molecule has 0 fully saturated rings. The summed E-state index contributed by atoms with van der Waals surface area (Å²) in [4.78, 5) is 30.0. The van der Waals surface area contributed by atoms with Gasteiger partial charge in [0, 0.05) is 24.2 Å². The predicted molar refractivity (Wildman–Crippen MR) is 144 cm³/mol. The van der Waals surface area contributed by atoms with Crippen LogP contribution < -0.4 is 9.64 Å². The second kappa shape index (κ2) is 9.98. The van der Waals surface area contributed by atoms with Crippen molar-refractivity contribution in [2.24, 2.45) is 0 Å². The first-order chi connectivity index (χ1) is 18.6. The number of anilines is 1. The Labute approximate surface area is 220 Å². The molecule has 0 unspecified atom stereocenters. The van der Waals surface area contributed by atoms with Crippen LogP contribution in [0, 0.1) is 5.82 Å². The highest BCUT2D eigenvalue weighted by atomic mass is 19.1. The fraction of sp³-hybridized carbons (Fsp3) is 0.125. The first-order valence-electron chi connectivity index (χ1n) is 12.6. The Hall–Kier alpha value is -4.71. The van der Waals surface area contributed by atoms with E-state index in [0.717, 1.165) is 12.0 Å². The van der Waals surface area contributed by atoms with Crippen LogP contribution in [-0.4, -0.2) is 23.3 Å². The molecule has 2 amide bonds. The summed E-state index contributed by atoms with van der Waals surface area (Å²) in [6, 6.07) is 29.0. The van der Waals surface area contributed by atoms with Crippen molar-refractivity contribution < 1.29 is 18.7 Å². The Balaban J connectivity index is 1.23. The molecule has 0 saturated heterocycles. The molecule has 0 spiro atoms. The van der Waals surface area contributed by atoms with E-state index in [9.17, 15) is 14.0 Å². The Morgan fingerprint density at radius 3 is 2.39 bits per heavy atom. The van der Waals surface area contributed by atoms with E-state index in [-0.39, 0.29) is 29.9 Å². The van der Waals surface area contributed by atoms with Crippen LogP contribution in [0.25, 0.3) is 6.08 Å². The van der Waals surface area contributed by atoms with Crippen LogP contribution in [0.2, 0.25) is 0 Å². The van der Waals surface area contributed by atoms with Crippen LogP contribution in [0.3, 0.4) is 0 Å². The van der Waals surface area contributed by atoms with Crippen molar-refractivity contribution in [3.8, 4) is 5.75 Å². The van der Waals surface area contributed by atoms with Gasteiger partial charge < -0.3 is 9.64 Å². The van der Waals surface area contributed by atoms with Crippen molar-refractivity contribution >= 4 is 23.6 Å². The first kappa shape index (κ1) is 23.7. The van der Waals surface area contributed by atoms with Crippen LogP contribution in [0.15, 0.2) is 103 Å². The molecule has 2 aliphatic rings. The molecule has 2 aliphatic heterocycles. The van der Waals surface area contributed by atoms with Crippen molar-refractivity contribution in [2.45, 2.75) is 19.5 Å². The zero-order valence-corrected chi connectivity index (χ0v) is 20.6. The minimum absolute atomic E-state index is 0.0197. The number of para-hydroxylation sites is 2. The van der Waals surface area contributed by atoms with Gasteiger partial charge in [-0.05, 0) is 59.5 Å². The zero-order chi connectivity index (χ0) is 26.1. The zero-order valence-electron chi connectivity index (χ0n) is 20.6. The van der Waals surface area contributed by atoms with Gasteiger partial charge in [0.15, 0.2) is 11.5 Å². The predicted octanol–water partition coefficient (Wildman–Crippen LogP) is 5.99. The summed E-state index contributed by atoms with van der Waals surface area (Å²) in [5, 5.41) is 0. The largest absolute Gasteiger partial charge is 0.449 e. The lowest BCUT2D eigenvalue weighted by atomic mass is 9.99. The number of hydrogen-bond donors (Lipinski definition) is 0. The number of nitrogens with zero attached hydrogens (tertiary/aromatic N) is 2. The average molecular weight is 505 g/mol. The molecule has 0 aliphatic carbocycles. The van der Waals surface area contributed by atoms with Gasteiger partial charge in [0.1, 0.15) is 5.82 Å². The van der Waals surface area contributed by atoms with E-state index in [0.29, 0.717) is 35.7 Å². The van der Waals surface area contributed by atoms with Crippen LogP contribution in [0.4, 0.5) is 10.1 Å². The summed E-state index contributed by atoms with van der Waals surface area (Å²) >= 11 is 0. The van der Waals surface area contributed by atoms with Gasteiger partial charge in [0.2, 0.25) is 0 Å². The number of amides is 2. The minimum atomic E-state index is -0.368. The maximum atomic E-state index is 14.4. The summed E-state index contributed by atoms with van der Waals surface area (Å²) < 4.78 is 20.3. The number of hydrogen-bond acceptors (Lipinski definition) is 3. The number of benzene rings is 4. The molecule has 0 bridgehead atoms. The average Bonchev–Trinajstić information content (AvgIpc) is 2.96. The third-order valence-electron chi connectivity index (χ3n) is 6.99. The lowest BCUT2D eigenvalue weighted by Gasteiger charge is -2.30. The first-order valence-corrected chi connectivity index (χ1v) is 12.6. The summed E-state index contributed by atoms with van der Waals surface area (Å²) in [7, 11) is 0. The minimum Gasteiger partial charge on any atom is -0.449 e. The van der Waals surface area contributed by atoms with Crippen molar-refractivity contribution in [1.29, 1.82) is 0 Å². The number of rotatable bonds is 4. The molecule has 0 atom stereocenters. The van der Waals surface area contributed by atoms with Gasteiger partial charge in [0.25, 0.3) is 11.8 Å². The number of ether oxygens (including phenoxy) is 1. The lowest BCUT2D eigenvalue weighted by Crippen LogP contribution is -2.37. The van der Waals surface area contributed by atoms with Crippen molar-refractivity contribution in [1.82, 2.24) is 4.90 Å². The van der Waals surface area contributed by atoms with Gasteiger partial charge in [-0.25, -0.2) is 4.39 Å². The fourth-order valence-electron chi connectivity index (χ4n) is 4.94. The molecular weight excluding hydrogens is 479 g/mol. The molecular formula is C32H25FN2O3. The van der Waals surface area contributed by atoms with Crippen LogP contribution in [0.1, 0.15) is 32.6 Å². The molecule has 6 heteroatoms. The smallest absolute Gasteiger partial charge is 0.294 e. The van der Waals surface area contributed by atoms with Gasteiger partial charge >= 0.3 is 0 Å². The maximum Gasteiger partial charge on any atom is 0.294 e. The molecule has 6 rings (SSSR count). The van der Waals surface area contributed by atoms with Crippen LogP contribution in [-0.2, 0) is 24.3 Å². The maximum absolute atomic E-state index is 14.4. The summed E-state index contributed by atoms with van der Waals surface area (Å²) in [6.45, 7) is 1.36. The van der Waals surface area contributed by atoms with E-state index in [1.165, 1.54) is 22.1 Å². The molecule has 0 radical (unpaired) electrons. The second-order valence-electron chi connectivity index (χ2n) is 9.43. The van der Waals surface area contributed by atoms with Gasteiger partial charge in [-0.2, -0.15) is 0 Å². The summed E-state index contributed by atoms with van der Waals surface area (Å²) in [5.74, 6) is -0.0985. The van der Waals surface area contributed by atoms with E-state index in [2.05, 4.69) is 12.1 Å². The molecule has 188 valence electrons. The van der Waals surface area contributed by atoms with Crippen molar-refractivity contribution in [3.63, 3.8) is 0 Å². The third-order valence-corrected chi connectivity index (χ3v) is 6.99. The number of carbonyl (C=O) groups excluding carboxylic acids is 2. The monoisotopic (exact) mass is 504 g/mol. The highest BCUT2D eigenvalue weighted by Gasteiger charge is 2.31. The number of halogens is 1. The molecule has 4 aromatic carbocycles. The van der Waals surface area contributed by atoms with E-state index in [1.807, 2.05) is 29.2 Å². The number of carbonyl (C=O) groups is 2. The van der Waals surface area contributed by atoms with Crippen LogP contribution in [0.5, 0.6) is 5.75 Å². The SMILES string of the molecule is O=C(c1ccc(/C=C2\Oc3ccccc3N(Cc3ccccc3F)C2=O)cc1)N1CCc2ccccc2C1. The van der Waals surface area contributed by atoms with Gasteiger partial charge in [-0.1, -0.05) is 66.7 Å². The topological polar surface area (TPSA) is 49.9 Å². The highest BCUT2D eigenvalue weighted by molar-refractivity contribution is 6.09.